The number of fused-ring (bicyclic) bond motifs is 1. The summed E-state index contributed by atoms with van der Waals surface area (Å²) in [6.45, 7) is 5.02. The van der Waals surface area contributed by atoms with Gasteiger partial charge in [-0.3, -0.25) is 0 Å². The quantitative estimate of drug-likeness (QED) is 0.486. The summed E-state index contributed by atoms with van der Waals surface area (Å²) in [5.74, 6) is 2.67. The van der Waals surface area contributed by atoms with Gasteiger partial charge in [0.1, 0.15) is 0 Å². The van der Waals surface area contributed by atoms with E-state index in [4.69, 9.17) is 18.6 Å². The number of nitrogens with zero attached hydrogens (tertiary/aromatic N) is 2. The first-order valence-corrected chi connectivity index (χ1v) is 6.84. The topological polar surface area (TPSA) is 30.2 Å². The minimum absolute atomic E-state index is 0.365. The van der Waals surface area contributed by atoms with E-state index in [1.165, 1.54) is 0 Å². The van der Waals surface area contributed by atoms with Gasteiger partial charge >= 0.3 is 0 Å². The van der Waals surface area contributed by atoms with Crippen molar-refractivity contribution in [1.29, 1.82) is 0 Å². The Kier molecular flexibility index (Phi) is 4.21. The van der Waals surface area contributed by atoms with Crippen LogP contribution in [0.1, 0.15) is 12.6 Å². The van der Waals surface area contributed by atoms with Crippen molar-refractivity contribution in [3.05, 3.63) is 36.0 Å². The maximum Gasteiger partial charge on any atom is 0.213 e. The Labute approximate surface area is 124 Å². The Hall–Kier alpha value is -2.12. The second-order valence-electron chi connectivity index (χ2n) is 4.52. The molecule has 0 aliphatic carbocycles. The lowest BCUT2D eigenvalue weighted by atomic mass is 10.1. The minimum Gasteiger partial charge on any atom is -0.852 e. The first kappa shape index (κ1) is 14.3. The van der Waals surface area contributed by atoms with Crippen molar-refractivity contribution >= 4 is 34.0 Å². The van der Waals surface area contributed by atoms with Crippen molar-refractivity contribution in [2.24, 2.45) is 0 Å². The molecule has 0 atom stereocenters. The molecule has 0 amide bonds. The highest BCUT2D eigenvalue weighted by molar-refractivity contribution is 7.80. The third kappa shape index (κ3) is 2.59. The molecular weight excluding hydrogens is 268 g/mol. The number of pyridine rings is 1. The lowest BCUT2D eigenvalue weighted by Gasteiger charge is -2.27. The maximum absolute atomic E-state index is 11.4. The summed E-state index contributed by atoms with van der Waals surface area (Å²) in [4.78, 5) is 1.57. The average molecular weight is 284 g/mol. The molecule has 0 saturated carbocycles. The zero-order valence-corrected chi connectivity index (χ0v) is 12.4. The average Bonchev–Trinajstić information content (AvgIpc) is 2.42. The predicted octanol–water partition coefficient (Wildman–Crippen LogP) is 1.54. The van der Waals surface area contributed by atoms with Crippen LogP contribution in [0.2, 0.25) is 0 Å². The van der Waals surface area contributed by atoms with E-state index in [1.807, 2.05) is 44.2 Å². The fourth-order valence-corrected chi connectivity index (χ4v) is 2.53. The van der Waals surface area contributed by atoms with E-state index in [-0.39, 0.29) is 5.17 Å². The molecule has 0 aliphatic rings. The molecule has 0 fully saturated rings. The smallest absolute Gasteiger partial charge is 0.213 e. The number of terminal acetylenes is 1. The minimum atomic E-state index is -0.365. The molecule has 0 aliphatic heterocycles. The largest absolute Gasteiger partial charge is 0.852 e. The number of anilines is 1. The third-order valence-electron chi connectivity index (χ3n) is 3.33. The molecule has 0 bridgehead atoms. The highest BCUT2D eigenvalue weighted by Gasteiger charge is 2.13. The normalized spacial score (nSPS) is 10.2. The van der Waals surface area contributed by atoms with Gasteiger partial charge in [0.15, 0.2) is 5.69 Å². The van der Waals surface area contributed by atoms with Gasteiger partial charge in [-0.15, -0.1) is 6.42 Å². The number of hydrogen-bond donors (Lipinski definition) is 0. The van der Waals surface area contributed by atoms with E-state index in [0.29, 0.717) is 13.1 Å². The van der Waals surface area contributed by atoms with Gasteiger partial charge in [0, 0.05) is 41.8 Å². The van der Waals surface area contributed by atoms with E-state index in [9.17, 15) is 5.11 Å². The van der Waals surface area contributed by atoms with Gasteiger partial charge in [0.2, 0.25) is 12.1 Å². The van der Waals surface area contributed by atoms with Crippen LogP contribution in [0.15, 0.2) is 30.3 Å². The lowest BCUT2D eigenvalue weighted by molar-refractivity contribution is -0.664. The van der Waals surface area contributed by atoms with Gasteiger partial charge in [0.05, 0.1) is 0 Å². The molecular formula is C16H16N2OS. The second kappa shape index (κ2) is 5.89. The Balaban J connectivity index is 2.59. The summed E-state index contributed by atoms with van der Waals surface area (Å²) in [5, 5.41) is 12.1. The Morgan fingerprint density at radius 3 is 2.75 bits per heavy atom. The van der Waals surface area contributed by atoms with Crippen LogP contribution in [0.4, 0.5) is 5.69 Å². The van der Waals surface area contributed by atoms with E-state index in [1.54, 1.807) is 4.90 Å². The molecule has 20 heavy (non-hydrogen) atoms. The van der Waals surface area contributed by atoms with Crippen LogP contribution in [0.25, 0.3) is 10.9 Å². The molecule has 2 aromatic rings. The molecule has 0 saturated heterocycles. The molecule has 3 nitrogen and oxygen atoms in total. The molecule has 1 aromatic heterocycles. The molecule has 0 N–H and O–H groups in total. The molecule has 0 radical (unpaired) electrons. The van der Waals surface area contributed by atoms with Gasteiger partial charge in [-0.25, -0.2) is 0 Å². The fourth-order valence-electron chi connectivity index (χ4n) is 2.30. The third-order valence-corrected chi connectivity index (χ3v) is 3.55. The SMILES string of the molecule is C#CC[n+]1c(C)ccc2cc(N(CC)C([O-])=S)ccc21. The molecule has 0 unspecified atom stereocenters. The molecule has 1 aromatic carbocycles. The van der Waals surface area contributed by atoms with Crippen LogP contribution in [0, 0.1) is 19.3 Å². The van der Waals surface area contributed by atoms with Crippen LogP contribution in [0.3, 0.4) is 0 Å². The van der Waals surface area contributed by atoms with Crippen molar-refractivity contribution < 1.29 is 9.67 Å². The first-order chi connectivity index (χ1) is 9.58. The Morgan fingerprint density at radius 1 is 1.40 bits per heavy atom. The van der Waals surface area contributed by atoms with Crippen LogP contribution >= 0.6 is 12.2 Å². The van der Waals surface area contributed by atoms with E-state index < -0.39 is 0 Å². The van der Waals surface area contributed by atoms with Gasteiger partial charge in [-0.1, -0.05) is 12.2 Å². The number of rotatable bonds is 3. The van der Waals surface area contributed by atoms with Crippen molar-refractivity contribution in [2.45, 2.75) is 20.4 Å². The summed E-state index contributed by atoms with van der Waals surface area (Å²) in [6, 6.07) is 9.91. The van der Waals surface area contributed by atoms with Gasteiger partial charge in [-0.2, -0.15) is 4.57 Å². The van der Waals surface area contributed by atoms with E-state index in [0.717, 1.165) is 22.3 Å². The van der Waals surface area contributed by atoms with Gasteiger partial charge in [-0.05, 0) is 31.0 Å². The monoisotopic (exact) mass is 284 g/mol. The number of thiocarbonyl (C=S) groups is 1. The summed E-state index contributed by atoms with van der Waals surface area (Å²) in [7, 11) is 0. The van der Waals surface area contributed by atoms with Crippen molar-refractivity contribution in [1.82, 2.24) is 0 Å². The molecule has 2 rings (SSSR count). The standard InChI is InChI=1S/C16H16N2OS/c1-4-10-18-12(3)6-7-13-11-14(8-9-15(13)18)17(5-2)16(19)20/h1,6-9,11H,5,10H2,2-3H3. The summed E-state index contributed by atoms with van der Waals surface area (Å²) in [6.07, 6.45) is 5.42. The van der Waals surface area contributed by atoms with Gasteiger partial charge < -0.3 is 10.0 Å². The van der Waals surface area contributed by atoms with Crippen molar-refractivity contribution in [3.63, 3.8) is 0 Å². The fraction of sp³-hybridized carbons (Fsp3) is 0.250. The van der Waals surface area contributed by atoms with E-state index in [2.05, 4.69) is 10.5 Å². The summed E-state index contributed by atoms with van der Waals surface area (Å²) >= 11 is 4.75. The predicted molar refractivity (Wildman–Crippen MR) is 83.3 cm³/mol. The van der Waals surface area contributed by atoms with Crippen LogP contribution < -0.4 is 14.6 Å². The zero-order valence-electron chi connectivity index (χ0n) is 11.6. The number of aromatic nitrogens is 1. The number of benzene rings is 1. The Bertz CT molecular complexity index is 703. The Morgan fingerprint density at radius 2 is 2.15 bits per heavy atom. The van der Waals surface area contributed by atoms with Crippen LogP contribution in [0.5, 0.6) is 0 Å². The van der Waals surface area contributed by atoms with E-state index >= 15 is 0 Å². The molecule has 0 spiro atoms. The van der Waals surface area contributed by atoms with Crippen LogP contribution in [-0.4, -0.2) is 11.7 Å². The summed E-state index contributed by atoms with van der Waals surface area (Å²) in [5.41, 5.74) is 2.98. The van der Waals surface area contributed by atoms with Crippen LogP contribution in [-0.2, 0) is 6.54 Å². The number of hydrogen-bond acceptors (Lipinski definition) is 2. The first-order valence-electron chi connectivity index (χ1n) is 6.43. The highest BCUT2D eigenvalue weighted by atomic mass is 32.1. The lowest BCUT2D eigenvalue weighted by Crippen LogP contribution is -2.39. The van der Waals surface area contributed by atoms with Crippen molar-refractivity contribution in [3.8, 4) is 12.3 Å². The molecule has 4 heteroatoms. The number of aryl methyl sites for hydroxylation is 1. The summed E-state index contributed by atoms with van der Waals surface area (Å²) < 4.78 is 2.07. The molecule has 102 valence electrons. The van der Waals surface area contributed by atoms with Gasteiger partial charge in [0.25, 0.3) is 0 Å². The maximum atomic E-state index is 11.4. The highest BCUT2D eigenvalue weighted by Crippen LogP contribution is 2.20. The van der Waals surface area contributed by atoms with Crippen molar-refractivity contribution in [2.75, 3.05) is 11.4 Å². The molecule has 1 heterocycles. The zero-order chi connectivity index (χ0) is 14.7. The second-order valence-corrected chi connectivity index (χ2v) is 4.87.